The molecule has 1 aliphatic carbocycles. The summed E-state index contributed by atoms with van der Waals surface area (Å²) in [6, 6.07) is 0. The van der Waals surface area contributed by atoms with Crippen LogP contribution in [0, 0.1) is 0 Å². The molecule has 0 atom stereocenters. The number of hydrogen-bond donors (Lipinski definition) is 2. The summed E-state index contributed by atoms with van der Waals surface area (Å²) in [5, 5.41) is 7.02. The molecule has 0 aromatic carbocycles. The first-order chi connectivity index (χ1) is 6.93. The Labute approximate surface area is 84.8 Å². The smallest absolute Gasteiger partial charge is 0.0331 e. The summed E-state index contributed by atoms with van der Waals surface area (Å²) in [5.41, 5.74) is 6.10. The van der Waals surface area contributed by atoms with Crippen LogP contribution in [0.25, 0.3) is 0 Å². The molecule has 3 rings (SSSR count). The molecule has 2 heteroatoms. The van der Waals surface area contributed by atoms with Crippen molar-refractivity contribution in [2.45, 2.75) is 25.7 Å². The van der Waals surface area contributed by atoms with Gasteiger partial charge in [0.25, 0.3) is 0 Å². The summed E-state index contributed by atoms with van der Waals surface area (Å²) >= 11 is 0. The fraction of sp³-hybridized carbons (Fsp3) is 0.500. The Morgan fingerprint density at radius 1 is 1.07 bits per heavy atom. The number of dihydropyridines is 1. The normalized spacial score (nSPS) is 25.1. The van der Waals surface area contributed by atoms with Crippen LogP contribution in [-0.2, 0) is 0 Å². The quantitative estimate of drug-likeness (QED) is 0.606. The molecule has 0 spiro atoms. The summed E-state index contributed by atoms with van der Waals surface area (Å²) in [5.74, 6) is 0. The van der Waals surface area contributed by atoms with Gasteiger partial charge in [-0.1, -0.05) is 12.2 Å². The molecule has 0 unspecified atom stereocenters. The maximum absolute atomic E-state index is 3.54. The number of allylic oxidation sites excluding steroid dienone is 3. The van der Waals surface area contributed by atoms with Crippen molar-refractivity contribution in [1.82, 2.24) is 10.6 Å². The molecule has 0 bridgehead atoms. The Balaban J connectivity index is 1.88. The average molecular weight is 188 g/mol. The van der Waals surface area contributed by atoms with Crippen molar-refractivity contribution >= 4 is 0 Å². The van der Waals surface area contributed by atoms with E-state index in [0.29, 0.717) is 0 Å². The summed E-state index contributed by atoms with van der Waals surface area (Å²) in [6.07, 6.45) is 9.37. The van der Waals surface area contributed by atoms with Crippen molar-refractivity contribution < 1.29 is 0 Å². The predicted molar refractivity (Wildman–Crippen MR) is 57.7 cm³/mol. The molecule has 14 heavy (non-hydrogen) atoms. The van der Waals surface area contributed by atoms with E-state index in [-0.39, 0.29) is 0 Å². The van der Waals surface area contributed by atoms with Crippen molar-refractivity contribution in [3.05, 3.63) is 34.7 Å². The molecule has 3 aliphatic rings. The third-order valence-electron chi connectivity index (χ3n) is 3.32. The molecule has 2 heterocycles. The molecule has 0 amide bonds. The lowest BCUT2D eigenvalue weighted by atomic mass is 9.87. The molecule has 2 aliphatic heterocycles. The number of hydrogen-bond acceptors (Lipinski definition) is 2. The second kappa shape index (κ2) is 3.19. The van der Waals surface area contributed by atoms with Crippen molar-refractivity contribution in [3.8, 4) is 0 Å². The average Bonchev–Trinajstić information content (AvgIpc) is 2.26. The fourth-order valence-electron chi connectivity index (χ4n) is 2.54. The standard InChI is InChI=1S/C12H16N2/c1-3-9-7-12-10(4-2-6-14-12)8-11(9)13-5-1/h1,3,13-14H,2,4-8H2. The van der Waals surface area contributed by atoms with Gasteiger partial charge in [0.05, 0.1) is 0 Å². The Hall–Kier alpha value is -1.18. The van der Waals surface area contributed by atoms with Gasteiger partial charge in [0.2, 0.25) is 0 Å². The summed E-state index contributed by atoms with van der Waals surface area (Å²) in [6.45, 7) is 2.17. The topological polar surface area (TPSA) is 24.1 Å². The Morgan fingerprint density at radius 3 is 3.07 bits per heavy atom. The first kappa shape index (κ1) is 8.16. The second-order valence-corrected chi connectivity index (χ2v) is 4.25. The lowest BCUT2D eigenvalue weighted by Gasteiger charge is -2.30. The van der Waals surface area contributed by atoms with E-state index in [0.717, 1.165) is 19.4 Å². The van der Waals surface area contributed by atoms with Gasteiger partial charge < -0.3 is 10.6 Å². The van der Waals surface area contributed by atoms with Crippen LogP contribution in [0.3, 0.4) is 0 Å². The van der Waals surface area contributed by atoms with Crippen LogP contribution in [0.15, 0.2) is 34.7 Å². The van der Waals surface area contributed by atoms with Crippen LogP contribution in [0.4, 0.5) is 0 Å². The minimum Gasteiger partial charge on any atom is -0.388 e. The van der Waals surface area contributed by atoms with E-state index in [1.165, 1.54) is 36.4 Å². The van der Waals surface area contributed by atoms with Gasteiger partial charge in [0.15, 0.2) is 0 Å². The molecule has 2 N–H and O–H groups in total. The zero-order valence-corrected chi connectivity index (χ0v) is 8.40. The van der Waals surface area contributed by atoms with Gasteiger partial charge in [-0.05, 0) is 24.0 Å². The zero-order chi connectivity index (χ0) is 9.38. The zero-order valence-electron chi connectivity index (χ0n) is 8.40. The van der Waals surface area contributed by atoms with E-state index in [2.05, 4.69) is 22.8 Å². The van der Waals surface area contributed by atoms with Crippen molar-refractivity contribution in [3.63, 3.8) is 0 Å². The van der Waals surface area contributed by atoms with Crippen LogP contribution in [-0.4, -0.2) is 13.1 Å². The largest absolute Gasteiger partial charge is 0.388 e. The van der Waals surface area contributed by atoms with Crippen molar-refractivity contribution in [1.29, 1.82) is 0 Å². The van der Waals surface area contributed by atoms with Gasteiger partial charge in [-0.3, -0.25) is 0 Å². The molecule has 0 fully saturated rings. The maximum atomic E-state index is 3.54. The molecule has 0 saturated heterocycles. The van der Waals surface area contributed by atoms with Gasteiger partial charge in [-0.15, -0.1) is 0 Å². The minimum absolute atomic E-state index is 1.01. The van der Waals surface area contributed by atoms with E-state index in [9.17, 15) is 0 Å². The van der Waals surface area contributed by atoms with Gasteiger partial charge in [0, 0.05) is 37.3 Å². The molecule has 0 radical (unpaired) electrons. The maximum Gasteiger partial charge on any atom is 0.0331 e. The van der Waals surface area contributed by atoms with E-state index < -0.39 is 0 Å². The van der Waals surface area contributed by atoms with E-state index in [1.54, 1.807) is 5.57 Å². The highest BCUT2D eigenvalue weighted by Gasteiger charge is 2.21. The van der Waals surface area contributed by atoms with Crippen LogP contribution in [0.2, 0.25) is 0 Å². The van der Waals surface area contributed by atoms with E-state index in [1.807, 2.05) is 0 Å². The van der Waals surface area contributed by atoms with Crippen molar-refractivity contribution in [2.24, 2.45) is 0 Å². The predicted octanol–water partition coefficient (Wildman–Crippen LogP) is 1.83. The highest BCUT2D eigenvalue weighted by molar-refractivity contribution is 5.41. The lowest BCUT2D eigenvalue weighted by molar-refractivity contribution is 0.608. The number of rotatable bonds is 0. The Bertz CT molecular complexity index is 347. The Morgan fingerprint density at radius 2 is 2.07 bits per heavy atom. The van der Waals surface area contributed by atoms with Gasteiger partial charge in [-0.2, -0.15) is 0 Å². The molecular formula is C12H16N2. The SMILES string of the molecule is C1=CC2=C(CC3=C(C2)NCCC3)NC1. The second-order valence-electron chi connectivity index (χ2n) is 4.25. The molecule has 0 aromatic heterocycles. The van der Waals surface area contributed by atoms with Gasteiger partial charge in [-0.25, -0.2) is 0 Å². The summed E-state index contributed by atoms with van der Waals surface area (Å²) < 4.78 is 0. The number of nitrogens with one attached hydrogen (secondary N) is 2. The highest BCUT2D eigenvalue weighted by Crippen LogP contribution is 2.33. The molecular weight excluding hydrogens is 172 g/mol. The minimum atomic E-state index is 1.01. The van der Waals surface area contributed by atoms with Crippen LogP contribution >= 0.6 is 0 Å². The van der Waals surface area contributed by atoms with Crippen LogP contribution in [0.5, 0.6) is 0 Å². The van der Waals surface area contributed by atoms with Gasteiger partial charge >= 0.3 is 0 Å². The third-order valence-corrected chi connectivity index (χ3v) is 3.32. The molecule has 0 saturated carbocycles. The van der Waals surface area contributed by atoms with Crippen LogP contribution in [0.1, 0.15) is 25.7 Å². The van der Waals surface area contributed by atoms with Crippen molar-refractivity contribution in [2.75, 3.05) is 13.1 Å². The Kier molecular flexibility index (Phi) is 1.86. The summed E-state index contributed by atoms with van der Waals surface area (Å²) in [4.78, 5) is 0. The monoisotopic (exact) mass is 188 g/mol. The van der Waals surface area contributed by atoms with E-state index in [4.69, 9.17) is 0 Å². The first-order valence-electron chi connectivity index (χ1n) is 5.51. The third kappa shape index (κ3) is 1.26. The van der Waals surface area contributed by atoms with Crippen LogP contribution < -0.4 is 10.6 Å². The van der Waals surface area contributed by atoms with E-state index >= 15 is 0 Å². The first-order valence-corrected chi connectivity index (χ1v) is 5.51. The highest BCUT2D eigenvalue weighted by atomic mass is 14.9. The molecule has 74 valence electrons. The lowest BCUT2D eigenvalue weighted by Crippen LogP contribution is -2.29. The fourth-order valence-corrected chi connectivity index (χ4v) is 2.54. The van der Waals surface area contributed by atoms with Gasteiger partial charge in [0.1, 0.15) is 0 Å². The molecule has 0 aromatic rings. The summed E-state index contributed by atoms with van der Waals surface area (Å²) in [7, 11) is 0. The molecule has 2 nitrogen and oxygen atoms in total.